The van der Waals surface area contributed by atoms with E-state index in [1.54, 1.807) is 18.2 Å². The summed E-state index contributed by atoms with van der Waals surface area (Å²) in [6, 6.07) is 5.20. The molecule has 1 heterocycles. The Morgan fingerprint density at radius 3 is 3.21 bits per heavy atom. The smallest absolute Gasteiger partial charge is 0.328 e. The van der Waals surface area contributed by atoms with E-state index in [4.69, 9.17) is 10.3 Å². The molecule has 70 valence electrons. The fraction of sp³-hybridized carbons (Fsp3) is 0.200. The summed E-state index contributed by atoms with van der Waals surface area (Å²) in [5.74, 6) is 0.532. The van der Waals surface area contributed by atoms with Crippen LogP contribution in [0, 0.1) is 0 Å². The number of carbonyl (C=O) groups excluding carboxylic acids is 1. The van der Waals surface area contributed by atoms with Crippen molar-refractivity contribution in [3.8, 4) is 5.75 Å². The van der Waals surface area contributed by atoms with Crippen LogP contribution in [0.5, 0.6) is 5.75 Å². The van der Waals surface area contributed by atoms with Crippen molar-refractivity contribution in [3.63, 3.8) is 0 Å². The van der Waals surface area contributed by atoms with Crippen LogP contribution in [0.2, 0.25) is 0 Å². The molecule has 0 bridgehead atoms. The van der Waals surface area contributed by atoms with E-state index in [0.717, 1.165) is 23.9 Å². The molecule has 0 spiro atoms. The lowest BCUT2D eigenvalue weighted by atomic mass is 10.1. The molecule has 0 aliphatic carbocycles. The largest absolute Gasteiger partial charge is 0.493 e. The maximum Gasteiger partial charge on any atom is 0.328 e. The zero-order valence-corrected chi connectivity index (χ0v) is 7.43. The van der Waals surface area contributed by atoms with Crippen LogP contribution < -0.4 is 4.74 Å². The normalized spacial score (nSPS) is 12.6. The number of ether oxygens (including phenoxy) is 1. The lowest BCUT2D eigenvalue weighted by Gasteiger charge is -1.98. The Balaban J connectivity index is 2.37. The van der Waals surface area contributed by atoms with E-state index in [2.05, 4.69) is 4.79 Å². The van der Waals surface area contributed by atoms with Crippen molar-refractivity contribution in [2.45, 2.75) is 6.42 Å². The summed E-state index contributed by atoms with van der Waals surface area (Å²) < 4.78 is 5.30. The predicted molar refractivity (Wildman–Crippen MR) is 49.7 cm³/mol. The molecule has 1 aromatic rings. The molecule has 0 amide bonds. The first-order valence-electron chi connectivity index (χ1n) is 4.29. The van der Waals surface area contributed by atoms with Gasteiger partial charge in [0.05, 0.1) is 6.61 Å². The van der Waals surface area contributed by atoms with Crippen molar-refractivity contribution in [1.29, 1.82) is 0 Å². The van der Waals surface area contributed by atoms with Crippen LogP contribution in [-0.2, 0) is 6.42 Å². The number of fused-ring (bicyclic) bond motifs is 1. The second kappa shape index (κ2) is 3.44. The maximum atomic E-state index is 11.3. The highest BCUT2D eigenvalue weighted by Gasteiger charge is 2.15. The van der Waals surface area contributed by atoms with Gasteiger partial charge in [-0.25, -0.2) is 0 Å². The molecule has 0 N–H and O–H groups in total. The Labute approximate surface area is 80.7 Å². The molecule has 0 saturated carbocycles. The Morgan fingerprint density at radius 2 is 2.43 bits per heavy atom. The van der Waals surface area contributed by atoms with E-state index in [1.165, 1.54) is 0 Å². The van der Waals surface area contributed by atoms with Gasteiger partial charge in [0.15, 0.2) is 0 Å². The summed E-state index contributed by atoms with van der Waals surface area (Å²) in [4.78, 5) is 14.0. The highest BCUT2D eigenvalue weighted by atomic mass is 16.5. The highest BCUT2D eigenvalue weighted by Crippen LogP contribution is 2.25. The lowest BCUT2D eigenvalue weighted by molar-refractivity contribution is 0.00235. The Kier molecular flexibility index (Phi) is 2.13. The van der Waals surface area contributed by atoms with Crippen LogP contribution in [-0.4, -0.2) is 23.4 Å². The third-order valence-electron chi connectivity index (χ3n) is 2.15. The maximum absolute atomic E-state index is 11.3. The Bertz CT molecular complexity index is 434. The fourth-order valence-electron chi connectivity index (χ4n) is 1.47. The van der Waals surface area contributed by atoms with Gasteiger partial charge in [-0.2, -0.15) is 4.79 Å². The molecule has 0 aromatic heterocycles. The number of benzene rings is 1. The standard InChI is InChI=1S/C10H8N2O2/c11-12-6-9(13)7-1-2-10-8(5-7)3-4-14-10/h1-2,5-6H,3-4H2. The first-order valence-corrected chi connectivity index (χ1v) is 4.29. The number of rotatable bonds is 2. The quantitative estimate of drug-likeness (QED) is 0.302. The Hall–Kier alpha value is -1.93. The van der Waals surface area contributed by atoms with Crippen molar-refractivity contribution < 1.29 is 14.3 Å². The summed E-state index contributed by atoms with van der Waals surface area (Å²) in [5, 5.41) is 0. The van der Waals surface area contributed by atoms with E-state index < -0.39 is 0 Å². The monoisotopic (exact) mass is 188 g/mol. The predicted octanol–water partition coefficient (Wildman–Crippen LogP) is 1.10. The van der Waals surface area contributed by atoms with Crippen LogP contribution in [0.3, 0.4) is 0 Å². The number of Topliss-reactive ketones (excluding diaryl/α,β-unsaturated/α-hetero) is 1. The number of nitrogens with zero attached hydrogens (tertiary/aromatic N) is 2. The minimum Gasteiger partial charge on any atom is -0.493 e. The summed E-state index contributed by atoms with van der Waals surface area (Å²) in [6.45, 7) is 0.668. The van der Waals surface area contributed by atoms with E-state index in [9.17, 15) is 4.79 Å². The van der Waals surface area contributed by atoms with Crippen molar-refractivity contribution >= 4 is 12.0 Å². The molecule has 0 saturated heterocycles. The van der Waals surface area contributed by atoms with Gasteiger partial charge >= 0.3 is 6.21 Å². The topological polar surface area (TPSA) is 62.7 Å². The Morgan fingerprint density at radius 1 is 1.57 bits per heavy atom. The minimum atomic E-state index is -0.304. The second-order valence-electron chi connectivity index (χ2n) is 3.03. The van der Waals surface area contributed by atoms with Crippen molar-refractivity contribution in [2.24, 2.45) is 0 Å². The van der Waals surface area contributed by atoms with Gasteiger partial charge in [-0.15, -0.1) is 0 Å². The molecule has 0 unspecified atom stereocenters. The molecule has 0 fully saturated rings. The molecular weight excluding hydrogens is 180 g/mol. The second-order valence-corrected chi connectivity index (χ2v) is 3.03. The van der Waals surface area contributed by atoms with E-state index in [0.29, 0.717) is 12.2 Å². The van der Waals surface area contributed by atoms with E-state index in [-0.39, 0.29) is 5.78 Å². The lowest BCUT2D eigenvalue weighted by Crippen LogP contribution is -2.00. The third-order valence-corrected chi connectivity index (χ3v) is 2.15. The van der Waals surface area contributed by atoms with Gasteiger partial charge in [-0.1, -0.05) is 0 Å². The number of carbonyl (C=O) groups is 1. The van der Waals surface area contributed by atoms with Gasteiger partial charge in [0.1, 0.15) is 5.75 Å². The first kappa shape index (κ1) is 8.66. The van der Waals surface area contributed by atoms with Crippen LogP contribution in [0.25, 0.3) is 5.53 Å². The van der Waals surface area contributed by atoms with E-state index >= 15 is 0 Å². The van der Waals surface area contributed by atoms with Gasteiger partial charge in [-0.3, -0.25) is 4.79 Å². The van der Waals surface area contributed by atoms with Crippen molar-refractivity contribution in [2.75, 3.05) is 6.61 Å². The zero-order chi connectivity index (χ0) is 9.97. The van der Waals surface area contributed by atoms with Crippen LogP contribution in [0.15, 0.2) is 18.2 Å². The number of hydrogen-bond acceptors (Lipinski definition) is 2. The molecule has 1 aliphatic rings. The van der Waals surface area contributed by atoms with Gasteiger partial charge in [0, 0.05) is 12.0 Å². The summed E-state index contributed by atoms with van der Waals surface area (Å²) >= 11 is 0. The van der Waals surface area contributed by atoms with Crippen LogP contribution in [0.1, 0.15) is 15.9 Å². The van der Waals surface area contributed by atoms with Crippen LogP contribution >= 0.6 is 0 Å². The molecule has 0 radical (unpaired) electrons. The van der Waals surface area contributed by atoms with Gasteiger partial charge in [0.2, 0.25) is 0 Å². The molecule has 4 nitrogen and oxygen atoms in total. The first-order chi connectivity index (χ1) is 6.81. The summed E-state index contributed by atoms with van der Waals surface area (Å²) in [7, 11) is 0. The zero-order valence-electron chi connectivity index (χ0n) is 7.43. The number of ketones is 1. The van der Waals surface area contributed by atoms with Crippen molar-refractivity contribution in [3.05, 3.63) is 34.9 Å². The molecule has 14 heavy (non-hydrogen) atoms. The number of hydrogen-bond donors (Lipinski definition) is 0. The van der Waals surface area contributed by atoms with Crippen LogP contribution in [0.4, 0.5) is 0 Å². The molecule has 1 aromatic carbocycles. The van der Waals surface area contributed by atoms with Gasteiger partial charge in [0.25, 0.3) is 5.78 Å². The average Bonchev–Trinajstić information content (AvgIpc) is 2.64. The van der Waals surface area contributed by atoms with E-state index in [1.807, 2.05) is 0 Å². The summed E-state index contributed by atoms with van der Waals surface area (Å²) in [6.07, 6.45) is 1.71. The molecular formula is C10H8N2O2. The molecule has 0 atom stereocenters. The van der Waals surface area contributed by atoms with Gasteiger partial charge < -0.3 is 10.3 Å². The molecule has 4 heteroatoms. The molecule has 2 rings (SSSR count). The van der Waals surface area contributed by atoms with Crippen molar-refractivity contribution in [1.82, 2.24) is 0 Å². The summed E-state index contributed by atoms with van der Waals surface area (Å²) in [5.41, 5.74) is 9.77. The minimum absolute atomic E-state index is 0.304. The SMILES string of the molecule is [N-]=[N+]=CC(=O)c1ccc2c(c1)CCO2. The highest BCUT2D eigenvalue weighted by molar-refractivity contribution is 6.33. The van der Waals surface area contributed by atoms with Gasteiger partial charge in [-0.05, 0) is 23.8 Å². The fourth-order valence-corrected chi connectivity index (χ4v) is 1.47. The third kappa shape index (κ3) is 1.43. The molecule has 1 aliphatic heterocycles. The average molecular weight is 188 g/mol.